The molecule has 0 saturated carbocycles. The minimum Gasteiger partial charge on any atom is -0.480 e. The van der Waals surface area contributed by atoms with Gasteiger partial charge >= 0.3 is 11.9 Å². The molecule has 0 rings (SSSR count). The Morgan fingerprint density at radius 2 is 1.41 bits per heavy atom. The zero-order chi connectivity index (χ0) is 17.9. The Hall–Kier alpha value is -1.82. The van der Waals surface area contributed by atoms with Crippen molar-refractivity contribution in [1.82, 2.24) is 10.6 Å². The van der Waals surface area contributed by atoms with Gasteiger partial charge < -0.3 is 29.8 Å². The van der Waals surface area contributed by atoms with Crippen LogP contribution in [-0.4, -0.2) is 57.6 Å². The van der Waals surface area contributed by atoms with E-state index in [1.807, 2.05) is 0 Å². The molecule has 10 nitrogen and oxygen atoms in total. The van der Waals surface area contributed by atoms with Gasteiger partial charge in [-0.3, -0.25) is 14.4 Å². The Morgan fingerprint density at radius 3 is 1.59 bits per heavy atom. The summed E-state index contributed by atoms with van der Waals surface area (Å²) < 4.78 is 16.9. The van der Waals surface area contributed by atoms with E-state index in [1.54, 1.807) is 0 Å². The number of carboxylic acids is 2. The van der Waals surface area contributed by atoms with Crippen molar-refractivity contribution in [2.24, 2.45) is 0 Å². The van der Waals surface area contributed by atoms with Crippen molar-refractivity contribution < 1.29 is 33.6 Å². The van der Waals surface area contributed by atoms with Gasteiger partial charge in [0.15, 0.2) is 0 Å². The molecule has 128 valence electrons. The number of amides is 2. The zero-order valence-electron chi connectivity index (χ0n) is 11.9. The number of hydrogen-bond donors (Lipinski definition) is 6. The van der Waals surface area contributed by atoms with Crippen LogP contribution < -0.4 is 10.6 Å². The van der Waals surface area contributed by atoms with E-state index in [2.05, 4.69) is 23.3 Å². The summed E-state index contributed by atoms with van der Waals surface area (Å²) in [7, 11) is -1.98. The number of thiol groups is 1. The number of aliphatic carboxylic acids is 2. The Labute approximate surface area is 134 Å². The van der Waals surface area contributed by atoms with E-state index < -0.39 is 46.3 Å². The van der Waals surface area contributed by atoms with Crippen LogP contribution in [-0.2, 0) is 34.0 Å². The highest BCUT2D eigenvalue weighted by Gasteiger charge is 2.15. The molecular formula is C10H18N3O7S2-. The molecule has 2 atom stereocenters. The molecule has 12 heteroatoms. The third kappa shape index (κ3) is 13.2. The molecule has 0 aliphatic carbocycles. The number of carbonyl (C=O) groups is 4. The molecule has 0 aliphatic heterocycles. The largest absolute Gasteiger partial charge is 0.480 e. The lowest BCUT2D eigenvalue weighted by Crippen LogP contribution is -2.42. The van der Waals surface area contributed by atoms with Crippen LogP contribution in [0.2, 0.25) is 0 Å². The highest BCUT2D eigenvalue weighted by Crippen LogP contribution is 1.87. The molecule has 0 aromatic carbocycles. The van der Waals surface area contributed by atoms with Gasteiger partial charge in [-0.1, -0.05) is 5.75 Å². The van der Waals surface area contributed by atoms with Gasteiger partial charge in [-0.05, 0) is 0 Å². The third-order valence-corrected chi connectivity index (χ3v) is 2.85. The van der Waals surface area contributed by atoms with E-state index in [0.717, 1.165) is 6.92 Å². The summed E-state index contributed by atoms with van der Waals surface area (Å²) in [6, 6.07) is -2.11. The maximum Gasteiger partial charge on any atom is 0.327 e. The lowest BCUT2D eigenvalue weighted by atomic mass is 10.3. The molecule has 0 bridgehead atoms. The number of rotatable bonds is 7. The predicted molar refractivity (Wildman–Crippen MR) is 80.0 cm³/mol. The zero-order valence-corrected chi connectivity index (χ0v) is 13.6. The number of carboxylic acid groups (broad SMARTS) is 2. The molecule has 5 N–H and O–H groups in total. The monoisotopic (exact) mass is 356 g/mol. The van der Waals surface area contributed by atoms with Gasteiger partial charge in [0.05, 0.1) is 0 Å². The lowest BCUT2D eigenvalue weighted by molar-refractivity contribution is -0.141. The molecule has 0 saturated heterocycles. The highest BCUT2D eigenvalue weighted by atomic mass is 32.2. The van der Waals surface area contributed by atoms with Crippen molar-refractivity contribution in [3.8, 4) is 0 Å². The quantitative estimate of drug-likeness (QED) is 0.245. The minimum absolute atomic E-state index is 0.106. The second-order valence-electron chi connectivity index (χ2n) is 3.88. The first kappa shape index (κ1) is 22.5. The van der Waals surface area contributed by atoms with Crippen LogP contribution in [0.1, 0.15) is 13.8 Å². The molecule has 0 aliphatic rings. The number of hydrogen-bond acceptors (Lipinski definition) is 8. The number of nitrogens with one attached hydrogen (secondary N) is 3. The van der Waals surface area contributed by atoms with Crippen molar-refractivity contribution >= 4 is 47.0 Å². The first-order valence-electron chi connectivity index (χ1n) is 5.71. The summed E-state index contributed by atoms with van der Waals surface area (Å²) in [5.41, 5.74) is 0. The molecule has 0 fully saturated rings. The predicted octanol–water partition coefficient (Wildman–Crippen LogP) is -1.19. The average Bonchev–Trinajstić information content (AvgIpc) is 2.34. The van der Waals surface area contributed by atoms with Crippen LogP contribution >= 0.6 is 12.6 Å². The maximum absolute atomic E-state index is 10.4. The standard InChI is InChI=1S/C5H9N2O4S.C5H9NO3S/c1-3(8)7-4(5(9)10)2-12(6)11;1-3(7)6-4(2-10)5(8)9/h4,6H,2H2,1H3,(H,7,8)(H,9,10);4,10H,2H2,1H3,(H,6,7)(H,8,9)/q-1;. The Morgan fingerprint density at radius 1 is 1.05 bits per heavy atom. The van der Waals surface area contributed by atoms with Crippen molar-refractivity contribution in [3.63, 3.8) is 0 Å². The fraction of sp³-hybridized carbons (Fsp3) is 0.600. The van der Waals surface area contributed by atoms with Gasteiger partial charge in [0.2, 0.25) is 11.8 Å². The van der Waals surface area contributed by atoms with E-state index in [9.17, 15) is 23.4 Å². The van der Waals surface area contributed by atoms with Crippen molar-refractivity contribution in [2.75, 3.05) is 11.5 Å². The van der Waals surface area contributed by atoms with Crippen LogP contribution in [0, 0.1) is 4.78 Å². The van der Waals surface area contributed by atoms with Crippen molar-refractivity contribution in [1.29, 1.82) is 4.78 Å². The molecule has 2 amide bonds. The number of carbonyl (C=O) groups excluding carboxylic acids is 2. The average molecular weight is 356 g/mol. The van der Waals surface area contributed by atoms with Gasteiger partial charge in [0.1, 0.15) is 12.1 Å². The van der Waals surface area contributed by atoms with E-state index in [-0.39, 0.29) is 11.7 Å². The first-order valence-corrected chi connectivity index (χ1v) is 7.66. The van der Waals surface area contributed by atoms with Crippen LogP contribution in [0.15, 0.2) is 0 Å². The minimum atomic E-state index is -1.98. The molecular weight excluding hydrogens is 338 g/mol. The molecule has 0 radical (unpaired) electrons. The van der Waals surface area contributed by atoms with Crippen LogP contribution in [0.25, 0.3) is 0 Å². The van der Waals surface area contributed by atoms with Crippen LogP contribution in [0.4, 0.5) is 0 Å². The lowest BCUT2D eigenvalue weighted by Gasteiger charge is -2.13. The van der Waals surface area contributed by atoms with Gasteiger partial charge in [0.25, 0.3) is 0 Å². The summed E-state index contributed by atoms with van der Waals surface area (Å²) in [5, 5.41) is 21.1. The van der Waals surface area contributed by atoms with E-state index >= 15 is 0 Å². The normalized spacial score (nSPS) is 12.4. The first-order chi connectivity index (χ1) is 10.0. The van der Waals surface area contributed by atoms with Crippen molar-refractivity contribution in [3.05, 3.63) is 0 Å². The second kappa shape index (κ2) is 11.8. The molecule has 2 unspecified atom stereocenters. The molecule has 0 aromatic heterocycles. The topological polar surface area (TPSA) is 174 Å². The highest BCUT2D eigenvalue weighted by molar-refractivity contribution is 7.80. The summed E-state index contributed by atoms with van der Waals surface area (Å²) in [6.07, 6.45) is 0. The van der Waals surface area contributed by atoms with Gasteiger partial charge in [-0.15, -0.1) is 0 Å². The van der Waals surface area contributed by atoms with Crippen molar-refractivity contribution in [2.45, 2.75) is 25.9 Å². The summed E-state index contributed by atoms with van der Waals surface area (Å²) in [6.45, 7) is 2.42. The Kier molecular flexibility index (Phi) is 12.0. The fourth-order valence-corrected chi connectivity index (χ4v) is 1.78. The molecule has 0 spiro atoms. The van der Waals surface area contributed by atoms with E-state index in [4.69, 9.17) is 15.0 Å². The van der Waals surface area contributed by atoms with Crippen LogP contribution in [0.5, 0.6) is 0 Å². The van der Waals surface area contributed by atoms with Gasteiger partial charge in [-0.25, -0.2) is 4.79 Å². The summed E-state index contributed by atoms with van der Waals surface area (Å²) in [5.74, 6) is -3.52. The molecule has 0 aromatic rings. The summed E-state index contributed by atoms with van der Waals surface area (Å²) in [4.78, 5) is 41.3. The maximum atomic E-state index is 10.4. The van der Waals surface area contributed by atoms with Crippen LogP contribution in [0.3, 0.4) is 0 Å². The Bertz CT molecular complexity index is 485. The van der Waals surface area contributed by atoms with E-state index in [1.165, 1.54) is 6.92 Å². The SMILES string of the molecule is CC(=O)NC(CS)C(=O)O.CC(=O)NC(C[S-](=N)=O)C(=O)O. The Balaban J connectivity index is 0. The summed E-state index contributed by atoms with van der Waals surface area (Å²) >= 11 is 3.73. The van der Waals surface area contributed by atoms with E-state index in [0.29, 0.717) is 0 Å². The fourth-order valence-electron chi connectivity index (χ4n) is 1.00. The molecule has 0 heterocycles. The third-order valence-electron chi connectivity index (χ3n) is 1.85. The molecule has 22 heavy (non-hydrogen) atoms. The van der Waals surface area contributed by atoms with Gasteiger partial charge in [0, 0.05) is 19.6 Å². The smallest absolute Gasteiger partial charge is 0.327 e. The van der Waals surface area contributed by atoms with Gasteiger partial charge in [-0.2, -0.15) is 23.2 Å². The second-order valence-corrected chi connectivity index (χ2v) is 5.27.